The van der Waals surface area contributed by atoms with Gasteiger partial charge >= 0.3 is 17.7 Å². The summed E-state index contributed by atoms with van der Waals surface area (Å²) < 4.78 is 68.6. The van der Waals surface area contributed by atoms with Crippen LogP contribution in [-0.2, 0) is 4.79 Å². The highest BCUT2D eigenvalue weighted by Crippen LogP contribution is 2.36. The number of hydrogen-bond acceptors (Lipinski definition) is 4. The van der Waals surface area contributed by atoms with E-state index in [2.05, 4.69) is 10.2 Å². The van der Waals surface area contributed by atoms with E-state index in [1.807, 2.05) is 0 Å². The monoisotopic (exact) mass is 444 g/mol. The molecule has 29 heavy (non-hydrogen) atoms. The Morgan fingerprint density at radius 1 is 1.03 bits per heavy atom. The highest BCUT2D eigenvalue weighted by molar-refractivity contribution is 8.00. The van der Waals surface area contributed by atoms with Crippen molar-refractivity contribution in [3.05, 3.63) is 29.8 Å². The summed E-state index contributed by atoms with van der Waals surface area (Å²) >= 11 is -0.172. The number of carboxylic acids is 1. The standard InChI is InChI=1S/C15H17F3N2OS.C2HF3O2/c16-15(17,18)22-12-3-1-11(2-4-12)14(21)19-13-9-20-7-5-10(13)6-8-20;3-2(4,5)1(6)7/h1-4,10,13H,5-9H2,(H,19,21);(H,6,7)/t13-;/m1./s1. The van der Waals surface area contributed by atoms with Crippen molar-refractivity contribution in [2.75, 3.05) is 19.6 Å². The van der Waals surface area contributed by atoms with Gasteiger partial charge in [0.05, 0.1) is 0 Å². The van der Waals surface area contributed by atoms with Crippen molar-refractivity contribution in [2.45, 2.75) is 35.5 Å². The number of fused-ring (bicyclic) bond motifs is 3. The number of thioether (sulfide) groups is 1. The second-order valence-corrected chi connectivity index (χ2v) is 7.73. The molecule has 3 fully saturated rings. The number of halogens is 6. The van der Waals surface area contributed by atoms with Gasteiger partial charge in [-0.05, 0) is 67.9 Å². The fourth-order valence-electron chi connectivity index (χ4n) is 3.19. The lowest BCUT2D eigenvalue weighted by Gasteiger charge is -2.44. The number of carbonyl (C=O) groups excluding carboxylic acids is 1. The zero-order valence-corrected chi connectivity index (χ0v) is 15.7. The molecule has 3 aliphatic rings. The Balaban J connectivity index is 0.000000370. The Morgan fingerprint density at radius 3 is 1.93 bits per heavy atom. The van der Waals surface area contributed by atoms with Gasteiger partial charge in [0.15, 0.2) is 0 Å². The Hall–Kier alpha value is -1.95. The Bertz CT molecular complexity index is 715. The van der Waals surface area contributed by atoms with Crippen molar-refractivity contribution in [3.63, 3.8) is 0 Å². The molecule has 2 N–H and O–H groups in total. The first-order valence-electron chi connectivity index (χ1n) is 8.54. The summed E-state index contributed by atoms with van der Waals surface area (Å²) in [7, 11) is 0. The van der Waals surface area contributed by atoms with Crippen molar-refractivity contribution in [2.24, 2.45) is 5.92 Å². The number of nitrogens with one attached hydrogen (secondary N) is 1. The van der Waals surface area contributed by atoms with Crippen LogP contribution < -0.4 is 5.32 Å². The third-order valence-electron chi connectivity index (χ3n) is 4.57. The number of carboxylic acid groups (broad SMARTS) is 1. The van der Waals surface area contributed by atoms with Crippen molar-refractivity contribution in [1.82, 2.24) is 10.2 Å². The Kier molecular flexibility index (Phi) is 7.44. The number of amides is 1. The lowest BCUT2D eigenvalue weighted by Crippen LogP contribution is -2.57. The molecule has 3 aliphatic heterocycles. The first-order chi connectivity index (χ1) is 13.3. The van der Waals surface area contributed by atoms with Gasteiger partial charge in [0.1, 0.15) is 0 Å². The van der Waals surface area contributed by atoms with Crippen LogP contribution in [0.5, 0.6) is 0 Å². The molecular weight excluding hydrogens is 426 g/mol. The molecule has 0 aliphatic carbocycles. The fourth-order valence-corrected chi connectivity index (χ4v) is 3.73. The minimum atomic E-state index is -5.08. The molecule has 0 saturated carbocycles. The Labute approximate surface area is 166 Å². The molecule has 1 atom stereocenters. The number of nitrogens with zero attached hydrogens (tertiary/aromatic N) is 1. The van der Waals surface area contributed by atoms with Crippen LogP contribution in [0.4, 0.5) is 26.3 Å². The molecule has 1 aromatic carbocycles. The smallest absolute Gasteiger partial charge is 0.475 e. The van der Waals surface area contributed by atoms with Gasteiger partial charge in [-0.1, -0.05) is 0 Å². The minimum absolute atomic E-state index is 0.0897. The maximum Gasteiger partial charge on any atom is 0.490 e. The summed E-state index contributed by atoms with van der Waals surface area (Å²) in [5, 5.41) is 10.1. The van der Waals surface area contributed by atoms with Crippen LogP contribution in [0.15, 0.2) is 29.2 Å². The minimum Gasteiger partial charge on any atom is -0.475 e. The summed E-state index contributed by atoms with van der Waals surface area (Å²) in [6.07, 6.45) is -2.88. The van der Waals surface area contributed by atoms with Crippen LogP contribution in [0.25, 0.3) is 0 Å². The first-order valence-corrected chi connectivity index (χ1v) is 9.36. The van der Waals surface area contributed by atoms with Crippen molar-refractivity contribution >= 4 is 23.6 Å². The van der Waals surface area contributed by atoms with Gasteiger partial charge in [-0.2, -0.15) is 26.3 Å². The van der Waals surface area contributed by atoms with E-state index in [4.69, 9.17) is 9.90 Å². The van der Waals surface area contributed by atoms with E-state index < -0.39 is 17.7 Å². The molecule has 3 heterocycles. The van der Waals surface area contributed by atoms with Gasteiger partial charge in [-0.25, -0.2) is 4.79 Å². The summed E-state index contributed by atoms with van der Waals surface area (Å²) in [4.78, 5) is 23.6. The molecule has 1 aromatic rings. The van der Waals surface area contributed by atoms with Crippen LogP contribution in [0.3, 0.4) is 0 Å². The first kappa shape index (κ1) is 23.3. The number of aliphatic carboxylic acids is 1. The third-order valence-corrected chi connectivity index (χ3v) is 5.30. The predicted molar refractivity (Wildman–Crippen MR) is 92.5 cm³/mol. The van der Waals surface area contributed by atoms with E-state index in [9.17, 15) is 31.1 Å². The van der Waals surface area contributed by atoms with E-state index in [0.717, 1.165) is 32.5 Å². The van der Waals surface area contributed by atoms with Crippen LogP contribution >= 0.6 is 11.8 Å². The molecule has 2 bridgehead atoms. The molecule has 0 unspecified atom stereocenters. The highest BCUT2D eigenvalue weighted by atomic mass is 32.2. The molecular formula is C17H18F6N2O3S. The number of alkyl halides is 6. The van der Waals surface area contributed by atoms with Crippen molar-refractivity contribution < 1.29 is 41.0 Å². The molecule has 0 spiro atoms. The van der Waals surface area contributed by atoms with Crippen LogP contribution in [0.2, 0.25) is 0 Å². The van der Waals surface area contributed by atoms with Gasteiger partial charge in [-0.3, -0.25) is 4.79 Å². The topological polar surface area (TPSA) is 69.6 Å². The van der Waals surface area contributed by atoms with Crippen LogP contribution in [0, 0.1) is 5.92 Å². The summed E-state index contributed by atoms with van der Waals surface area (Å²) in [5.41, 5.74) is -3.90. The normalized spacial score (nSPS) is 23.7. The SMILES string of the molecule is O=C(N[C@@H]1CN2CCC1CC2)c1ccc(SC(F)(F)F)cc1.O=C(O)C(F)(F)F. The molecule has 162 valence electrons. The molecule has 4 rings (SSSR count). The largest absolute Gasteiger partial charge is 0.490 e. The second kappa shape index (κ2) is 9.24. The molecule has 12 heteroatoms. The molecule has 3 saturated heterocycles. The highest BCUT2D eigenvalue weighted by Gasteiger charge is 2.38. The van der Waals surface area contributed by atoms with Crippen LogP contribution in [0.1, 0.15) is 23.2 Å². The number of piperidine rings is 3. The summed E-state index contributed by atoms with van der Waals surface area (Å²) in [6.45, 7) is 3.07. The average Bonchev–Trinajstić information content (AvgIpc) is 2.61. The fraction of sp³-hybridized carbons (Fsp3) is 0.529. The zero-order chi connectivity index (χ0) is 21.8. The van der Waals surface area contributed by atoms with E-state index in [-0.39, 0.29) is 28.6 Å². The quantitative estimate of drug-likeness (QED) is 0.549. The van der Waals surface area contributed by atoms with Crippen molar-refractivity contribution in [3.8, 4) is 0 Å². The summed E-state index contributed by atoms with van der Waals surface area (Å²) in [6, 6.07) is 5.72. The number of carbonyl (C=O) groups is 2. The Morgan fingerprint density at radius 2 is 1.55 bits per heavy atom. The van der Waals surface area contributed by atoms with Gasteiger partial charge in [0.25, 0.3) is 5.91 Å². The molecule has 0 radical (unpaired) electrons. The van der Waals surface area contributed by atoms with E-state index >= 15 is 0 Å². The third kappa shape index (κ3) is 7.42. The zero-order valence-electron chi connectivity index (χ0n) is 14.9. The number of benzene rings is 1. The molecule has 5 nitrogen and oxygen atoms in total. The lowest BCUT2D eigenvalue weighted by atomic mass is 9.84. The van der Waals surface area contributed by atoms with Gasteiger partial charge < -0.3 is 15.3 Å². The van der Waals surface area contributed by atoms with Crippen molar-refractivity contribution in [1.29, 1.82) is 0 Å². The number of hydrogen-bond donors (Lipinski definition) is 2. The van der Waals surface area contributed by atoms with Gasteiger partial charge in [-0.15, -0.1) is 0 Å². The van der Waals surface area contributed by atoms with E-state index in [0.29, 0.717) is 11.5 Å². The summed E-state index contributed by atoms with van der Waals surface area (Å²) in [5.74, 6) is -2.44. The van der Waals surface area contributed by atoms with E-state index in [1.165, 1.54) is 24.3 Å². The van der Waals surface area contributed by atoms with Crippen LogP contribution in [-0.4, -0.2) is 59.2 Å². The number of rotatable bonds is 3. The molecule has 1 amide bonds. The lowest BCUT2D eigenvalue weighted by molar-refractivity contribution is -0.192. The van der Waals surface area contributed by atoms with Gasteiger partial charge in [0.2, 0.25) is 0 Å². The van der Waals surface area contributed by atoms with Gasteiger partial charge in [0, 0.05) is 23.0 Å². The van der Waals surface area contributed by atoms with E-state index in [1.54, 1.807) is 0 Å². The maximum absolute atomic E-state index is 12.3. The average molecular weight is 444 g/mol. The predicted octanol–water partition coefficient (Wildman–Crippen LogP) is 3.76. The molecule has 0 aromatic heterocycles. The maximum atomic E-state index is 12.3. The second-order valence-electron chi connectivity index (χ2n) is 6.59.